The Kier molecular flexibility index (Phi) is 6.86. The van der Waals surface area contributed by atoms with Gasteiger partial charge in [0.1, 0.15) is 10.3 Å². The van der Waals surface area contributed by atoms with Crippen LogP contribution in [0, 0.1) is 0 Å². The molecule has 0 fully saturated rings. The van der Waals surface area contributed by atoms with Crippen molar-refractivity contribution in [3.05, 3.63) is 28.0 Å². The summed E-state index contributed by atoms with van der Waals surface area (Å²) in [6.45, 7) is 2.85. The van der Waals surface area contributed by atoms with E-state index in [1.165, 1.54) is 16.4 Å². The Bertz CT molecular complexity index is 608. The number of hydrogen-bond acceptors (Lipinski definition) is 4. The fraction of sp³-hybridized carbons (Fsp3) is 0.500. The molecule has 118 valence electrons. The van der Waals surface area contributed by atoms with Gasteiger partial charge < -0.3 is 5.32 Å². The number of amides is 1. The molecule has 1 heterocycles. The highest BCUT2D eigenvalue weighted by atomic mass is 35.5. The first-order valence-electron chi connectivity index (χ1n) is 6.31. The van der Waals surface area contributed by atoms with Gasteiger partial charge in [0.2, 0.25) is 10.0 Å². The number of halogens is 2. The molecule has 0 radical (unpaired) electrons. The quantitative estimate of drug-likeness (QED) is 0.598. The second kappa shape index (κ2) is 7.93. The fourth-order valence-corrected chi connectivity index (χ4v) is 3.05. The van der Waals surface area contributed by atoms with E-state index in [0.29, 0.717) is 26.1 Å². The van der Waals surface area contributed by atoms with Crippen molar-refractivity contribution >= 4 is 39.1 Å². The molecule has 0 saturated carbocycles. The van der Waals surface area contributed by atoms with Crippen molar-refractivity contribution in [3.63, 3.8) is 0 Å². The molecule has 1 aromatic heterocycles. The largest absolute Gasteiger partial charge is 0.352 e. The normalized spacial score (nSPS) is 11.7. The molecule has 0 spiro atoms. The van der Waals surface area contributed by atoms with Gasteiger partial charge in [0, 0.05) is 19.6 Å². The van der Waals surface area contributed by atoms with E-state index in [2.05, 4.69) is 10.3 Å². The van der Waals surface area contributed by atoms with Crippen molar-refractivity contribution < 1.29 is 13.2 Å². The average molecular weight is 354 g/mol. The van der Waals surface area contributed by atoms with Crippen molar-refractivity contribution in [2.24, 2.45) is 0 Å². The van der Waals surface area contributed by atoms with Gasteiger partial charge in [-0.15, -0.1) is 0 Å². The maximum atomic E-state index is 11.9. The summed E-state index contributed by atoms with van der Waals surface area (Å²) >= 11 is 11.5. The Labute approximate surface area is 134 Å². The summed E-state index contributed by atoms with van der Waals surface area (Å²) < 4.78 is 24.1. The highest BCUT2D eigenvalue weighted by Gasteiger charge is 2.14. The SMILES string of the molecule is CCN(CCCNC(=O)c1ccc(Cl)nc1Cl)S(C)(=O)=O. The van der Waals surface area contributed by atoms with Gasteiger partial charge in [0.15, 0.2) is 0 Å². The molecule has 1 amide bonds. The number of pyridine rings is 1. The van der Waals surface area contributed by atoms with Crippen LogP contribution in [0.2, 0.25) is 10.3 Å². The maximum absolute atomic E-state index is 11.9. The van der Waals surface area contributed by atoms with Crippen LogP contribution in [0.3, 0.4) is 0 Å². The molecular formula is C12H17Cl2N3O3S. The van der Waals surface area contributed by atoms with E-state index in [1.807, 2.05) is 0 Å². The van der Waals surface area contributed by atoms with Gasteiger partial charge in [-0.2, -0.15) is 0 Å². The van der Waals surface area contributed by atoms with Crippen molar-refractivity contribution in [3.8, 4) is 0 Å². The highest BCUT2D eigenvalue weighted by molar-refractivity contribution is 7.88. The molecule has 1 rings (SSSR count). The summed E-state index contributed by atoms with van der Waals surface area (Å²) in [6, 6.07) is 2.96. The second-order valence-electron chi connectivity index (χ2n) is 4.34. The number of carbonyl (C=O) groups is 1. The molecule has 0 aliphatic rings. The smallest absolute Gasteiger partial charge is 0.254 e. The summed E-state index contributed by atoms with van der Waals surface area (Å²) in [4.78, 5) is 15.7. The molecule has 6 nitrogen and oxygen atoms in total. The first-order valence-corrected chi connectivity index (χ1v) is 8.91. The zero-order valence-corrected chi connectivity index (χ0v) is 14.1. The number of carbonyl (C=O) groups excluding carboxylic acids is 1. The van der Waals surface area contributed by atoms with E-state index in [1.54, 1.807) is 6.92 Å². The van der Waals surface area contributed by atoms with E-state index in [0.717, 1.165) is 6.26 Å². The van der Waals surface area contributed by atoms with E-state index in [9.17, 15) is 13.2 Å². The van der Waals surface area contributed by atoms with E-state index >= 15 is 0 Å². The molecule has 0 saturated heterocycles. The van der Waals surface area contributed by atoms with Crippen LogP contribution in [0.25, 0.3) is 0 Å². The second-order valence-corrected chi connectivity index (χ2v) is 7.06. The molecule has 0 aromatic carbocycles. The summed E-state index contributed by atoms with van der Waals surface area (Å²) in [5.41, 5.74) is 0.233. The zero-order valence-electron chi connectivity index (χ0n) is 11.8. The molecule has 0 aliphatic heterocycles. The van der Waals surface area contributed by atoms with Crippen LogP contribution in [0.1, 0.15) is 23.7 Å². The Balaban J connectivity index is 2.47. The lowest BCUT2D eigenvalue weighted by Crippen LogP contribution is -2.33. The molecule has 0 aliphatic carbocycles. The minimum absolute atomic E-state index is 0.0336. The summed E-state index contributed by atoms with van der Waals surface area (Å²) in [6.07, 6.45) is 1.67. The summed E-state index contributed by atoms with van der Waals surface area (Å²) in [7, 11) is -3.20. The molecule has 1 aromatic rings. The third kappa shape index (κ3) is 5.78. The molecule has 1 N–H and O–H groups in total. The van der Waals surface area contributed by atoms with Gasteiger partial charge in [-0.05, 0) is 18.6 Å². The van der Waals surface area contributed by atoms with Gasteiger partial charge in [0.25, 0.3) is 5.91 Å². The maximum Gasteiger partial charge on any atom is 0.254 e. The van der Waals surface area contributed by atoms with Crippen molar-refractivity contribution in [2.45, 2.75) is 13.3 Å². The van der Waals surface area contributed by atoms with Crippen LogP contribution in [0.4, 0.5) is 0 Å². The Morgan fingerprint density at radius 2 is 2.05 bits per heavy atom. The van der Waals surface area contributed by atoms with Crippen LogP contribution in [0.5, 0.6) is 0 Å². The van der Waals surface area contributed by atoms with Crippen LogP contribution in [-0.4, -0.2) is 49.5 Å². The number of sulfonamides is 1. The van der Waals surface area contributed by atoms with Crippen molar-refractivity contribution in [1.82, 2.24) is 14.6 Å². The first-order chi connectivity index (χ1) is 9.75. The van der Waals surface area contributed by atoms with Crippen molar-refractivity contribution in [1.29, 1.82) is 0 Å². The lowest BCUT2D eigenvalue weighted by molar-refractivity contribution is 0.0952. The highest BCUT2D eigenvalue weighted by Crippen LogP contribution is 2.16. The van der Waals surface area contributed by atoms with Crippen LogP contribution in [-0.2, 0) is 10.0 Å². The molecular weight excluding hydrogens is 337 g/mol. The van der Waals surface area contributed by atoms with Crippen LogP contribution < -0.4 is 5.32 Å². The molecule has 0 bridgehead atoms. The zero-order chi connectivity index (χ0) is 16.0. The first kappa shape index (κ1) is 18.2. The van der Waals surface area contributed by atoms with Crippen molar-refractivity contribution in [2.75, 3.05) is 25.9 Å². The molecule has 0 atom stereocenters. The predicted molar refractivity (Wildman–Crippen MR) is 83.3 cm³/mol. The lowest BCUT2D eigenvalue weighted by atomic mass is 10.2. The third-order valence-electron chi connectivity index (χ3n) is 2.75. The average Bonchev–Trinajstić information content (AvgIpc) is 2.36. The molecule has 0 unspecified atom stereocenters. The van der Waals surface area contributed by atoms with Gasteiger partial charge >= 0.3 is 0 Å². The van der Waals surface area contributed by atoms with Gasteiger partial charge in [0.05, 0.1) is 11.8 Å². The van der Waals surface area contributed by atoms with Gasteiger partial charge in [-0.3, -0.25) is 4.79 Å². The fourth-order valence-electron chi connectivity index (χ4n) is 1.69. The minimum Gasteiger partial charge on any atom is -0.352 e. The third-order valence-corrected chi connectivity index (χ3v) is 4.63. The van der Waals surface area contributed by atoms with E-state index < -0.39 is 10.0 Å². The van der Waals surface area contributed by atoms with Gasteiger partial charge in [-0.1, -0.05) is 30.1 Å². The molecule has 21 heavy (non-hydrogen) atoms. The number of aromatic nitrogens is 1. The number of hydrogen-bond donors (Lipinski definition) is 1. The van der Waals surface area contributed by atoms with Gasteiger partial charge in [-0.25, -0.2) is 17.7 Å². The predicted octanol–water partition coefficient (Wildman–Crippen LogP) is 1.79. The molecule has 9 heteroatoms. The Hall–Kier alpha value is -0.890. The van der Waals surface area contributed by atoms with Crippen LogP contribution >= 0.6 is 23.2 Å². The van der Waals surface area contributed by atoms with Crippen LogP contribution in [0.15, 0.2) is 12.1 Å². The lowest BCUT2D eigenvalue weighted by Gasteiger charge is -2.17. The minimum atomic E-state index is -3.20. The standard InChI is InChI=1S/C12H17Cl2N3O3S/c1-3-17(21(2,19)20)8-4-7-15-12(18)9-5-6-10(13)16-11(9)14/h5-6H,3-4,7-8H2,1-2H3,(H,15,18). The summed E-state index contributed by atoms with van der Waals surface area (Å²) in [5, 5.41) is 2.91. The number of rotatable bonds is 7. The monoisotopic (exact) mass is 353 g/mol. The number of nitrogens with one attached hydrogen (secondary N) is 1. The Morgan fingerprint density at radius 1 is 1.38 bits per heavy atom. The topological polar surface area (TPSA) is 79.4 Å². The number of nitrogens with zero attached hydrogens (tertiary/aromatic N) is 2. The van der Waals surface area contributed by atoms with E-state index in [-0.39, 0.29) is 21.8 Å². The van der Waals surface area contributed by atoms with E-state index in [4.69, 9.17) is 23.2 Å². The Morgan fingerprint density at radius 3 is 2.57 bits per heavy atom. The summed E-state index contributed by atoms with van der Waals surface area (Å²) in [5.74, 6) is -0.369.